The van der Waals surface area contributed by atoms with E-state index in [9.17, 15) is 4.79 Å². The normalized spacial score (nSPS) is 11.3. The summed E-state index contributed by atoms with van der Waals surface area (Å²) >= 11 is 0. The molecule has 8 nitrogen and oxygen atoms in total. The first-order valence-corrected chi connectivity index (χ1v) is 10.5. The van der Waals surface area contributed by atoms with Crippen LogP contribution < -0.4 is 10.9 Å². The van der Waals surface area contributed by atoms with Crippen LogP contribution in [0, 0.1) is 0 Å². The molecule has 0 unspecified atom stereocenters. The van der Waals surface area contributed by atoms with Crippen LogP contribution in [0.4, 0.5) is 5.95 Å². The predicted octanol–water partition coefficient (Wildman–Crippen LogP) is 4.03. The van der Waals surface area contributed by atoms with E-state index in [-0.39, 0.29) is 11.5 Å². The molecule has 5 rings (SSSR count). The van der Waals surface area contributed by atoms with Crippen molar-refractivity contribution in [1.82, 2.24) is 29.5 Å². The zero-order valence-corrected chi connectivity index (χ0v) is 17.9. The van der Waals surface area contributed by atoms with Gasteiger partial charge in [0.15, 0.2) is 5.65 Å². The van der Waals surface area contributed by atoms with Crippen molar-refractivity contribution >= 4 is 17.0 Å². The third-order valence-electron chi connectivity index (χ3n) is 5.28. The van der Waals surface area contributed by atoms with Crippen molar-refractivity contribution in [3.8, 4) is 11.4 Å². The van der Waals surface area contributed by atoms with Gasteiger partial charge in [0, 0.05) is 18.3 Å². The van der Waals surface area contributed by atoms with Crippen LogP contribution in [-0.2, 0) is 6.54 Å². The second-order valence-electron chi connectivity index (χ2n) is 7.87. The van der Waals surface area contributed by atoms with Crippen LogP contribution >= 0.6 is 0 Å². The number of hydrogen-bond acceptors (Lipinski definition) is 5. The number of para-hydroxylation sites is 2. The number of fused-ring (bicyclic) bond motifs is 1. The third-order valence-corrected chi connectivity index (χ3v) is 5.28. The molecule has 0 radical (unpaired) electrons. The fourth-order valence-electron chi connectivity index (χ4n) is 3.70. The highest BCUT2D eigenvalue weighted by atomic mass is 16.1. The van der Waals surface area contributed by atoms with Crippen LogP contribution in [0.15, 0.2) is 77.9 Å². The second kappa shape index (κ2) is 8.14. The minimum Gasteiger partial charge on any atom is -0.351 e. The summed E-state index contributed by atoms with van der Waals surface area (Å²) in [5.41, 5.74) is 4.16. The summed E-state index contributed by atoms with van der Waals surface area (Å²) in [4.78, 5) is 20.1. The fourth-order valence-corrected chi connectivity index (χ4v) is 3.70. The van der Waals surface area contributed by atoms with Crippen molar-refractivity contribution in [1.29, 1.82) is 0 Å². The molecule has 3 aromatic heterocycles. The first-order valence-electron chi connectivity index (χ1n) is 10.5. The summed E-state index contributed by atoms with van der Waals surface area (Å²) in [5, 5.41) is 12.8. The number of rotatable bonds is 6. The molecule has 0 fully saturated rings. The monoisotopic (exact) mass is 425 g/mol. The highest BCUT2D eigenvalue weighted by Crippen LogP contribution is 2.21. The highest BCUT2D eigenvalue weighted by molar-refractivity contribution is 5.76. The van der Waals surface area contributed by atoms with Gasteiger partial charge in [-0.15, -0.1) is 0 Å². The first kappa shape index (κ1) is 19.7. The number of hydrogen-bond donors (Lipinski definition) is 2. The van der Waals surface area contributed by atoms with Gasteiger partial charge in [0.25, 0.3) is 5.56 Å². The van der Waals surface area contributed by atoms with Gasteiger partial charge in [-0.25, -0.2) is 9.36 Å². The largest absolute Gasteiger partial charge is 0.351 e. The van der Waals surface area contributed by atoms with Gasteiger partial charge in [-0.2, -0.15) is 15.2 Å². The zero-order valence-electron chi connectivity index (χ0n) is 17.9. The van der Waals surface area contributed by atoms with Crippen LogP contribution in [0.2, 0.25) is 0 Å². The number of H-pyrrole nitrogens is 1. The molecule has 0 spiro atoms. The lowest BCUT2D eigenvalue weighted by molar-refractivity contribution is 0.763. The molecular formula is C24H23N7O. The van der Waals surface area contributed by atoms with E-state index in [4.69, 9.17) is 5.10 Å². The Labute approximate surface area is 184 Å². The number of nitrogens with one attached hydrogen (secondary N) is 2. The quantitative estimate of drug-likeness (QED) is 0.428. The van der Waals surface area contributed by atoms with E-state index in [1.807, 2.05) is 71.5 Å². The summed E-state index contributed by atoms with van der Waals surface area (Å²) in [6.45, 7) is 4.71. The van der Waals surface area contributed by atoms with E-state index in [1.165, 1.54) is 0 Å². The molecule has 0 aliphatic rings. The molecule has 8 heteroatoms. The average molecular weight is 425 g/mol. The van der Waals surface area contributed by atoms with E-state index in [0.29, 0.717) is 23.5 Å². The van der Waals surface area contributed by atoms with Gasteiger partial charge in [0.2, 0.25) is 5.95 Å². The number of anilines is 1. The summed E-state index contributed by atoms with van der Waals surface area (Å²) < 4.78 is 3.55. The summed E-state index contributed by atoms with van der Waals surface area (Å²) in [7, 11) is 0. The standard InChI is InChI=1S/C24H23N7O/c1-16(2)21-17(15-30(29-21)18-9-5-3-6-10-18)13-25-24-27-22-20(23(32)28-24)14-26-31(22)19-11-7-4-8-12-19/h3-12,14-16H,13H2,1-2H3,(H2,25,27,28,32). The van der Waals surface area contributed by atoms with Gasteiger partial charge in [0.1, 0.15) is 5.39 Å². The number of aromatic amines is 1. The molecule has 3 heterocycles. The molecule has 0 saturated heterocycles. The maximum absolute atomic E-state index is 12.6. The Morgan fingerprint density at radius 1 is 1.00 bits per heavy atom. The van der Waals surface area contributed by atoms with Crippen LogP contribution in [0.1, 0.15) is 31.0 Å². The van der Waals surface area contributed by atoms with Crippen molar-refractivity contribution in [3.05, 3.63) is 94.7 Å². The molecule has 0 bridgehead atoms. The van der Waals surface area contributed by atoms with Gasteiger partial charge in [-0.3, -0.25) is 9.78 Å². The fraction of sp³-hybridized carbons (Fsp3) is 0.167. The van der Waals surface area contributed by atoms with Crippen LogP contribution in [0.5, 0.6) is 0 Å². The topological polar surface area (TPSA) is 93.4 Å². The van der Waals surface area contributed by atoms with Gasteiger partial charge in [-0.05, 0) is 30.2 Å². The lowest BCUT2D eigenvalue weighted by Gasteiger charge is -2.08. The lowest BCUT2D eigenvalue weighted by atomic mass is 10.1. The minimum atomic E-state index is -0.233. The maximum atomic E-state index is 12.6. The lowest BCUT2D eigenvalue weighted by Crippen LogP contribution is -2.14. The SMILES string of the molecule is CC(C)c1nn(-c2ccccc2)cc1CNc1nc2c(cnn2-c2ccccc2)c(=O)[nH]1. The van der Waals surface area contributed by atoms with Crippen LogP contribution in [0.25, 0.3) is 22.4 Å². The zero-order chi connectivity index (χ0) is 22.1. The van der Waals surface area contributed by atoms with Gasteiger partial charge < -0.3 is 5.32 Å². The molecule has 0 saturated carbocycles. The number of nitrogens with zero attached hydrogens (tertiary/aromatic N) is 5. The average Bonchev–Trinajstić information content (AvgIpc) is 3.44. The molecule has 32 heavy (non-hydrogen) atoms. The first-order chi connectivity index (χ1) is 15.6. The number of aromatic nitrogens is 6. The van der Waals surface area contributed by atoms with Crippen molar-refractivity contribution in [2.75, 3.05) is 5.32 Å². The molecule has 0 aliphatic carbocycles. The van der Waals surface area contributed by atoms with Crippen molar-refractivity contribution in [2.24, 2.45) is 0 Å². The van der Waals surface area contributed by atoms with Gasteiger partial charge >= 0.3 is 0 Å². The minimum absolute atomic E-state index is 0.233. The molecule has 0 atom stereocenters. The van der Waals surface area contributed by atoms with Gasteiger partial charge in [0.05, 0.1) is 23.3 Å². The van der Waals surface area contributed by atoms with E-state index in [2.05, 4.69) is 34.2 Å². The Hall–Kier alpha value is -4.20. The van der Waals surface area contributed by atoms with E-state index in [1.54, 1.807) is 10.9 Å². The molecule has 0 amide bonds. The Morgan fingerprint density at radius 2 is 1.69 bits per heavy atom. The number of benzene rings is 2. The molecule has 5 aromatic rings. The summed E-state index contributed by atoms with van der Waals surface area (Å²) in [5.74, 6) is 0.646. The summed E-state index contributed by atoms with van der Waals surface area (Å²) in [6.07, 6.45) is 3.56. The predicted molar refractivity (Wildman–Crippen MR) is 124 cm³/mol. The Morgan fingerprint density at radius 3 is 2.38 bits per heavy atom. The smallest absolute Gasteiger partial charge is 0.263 e. The van der Waals surface area contributed by atoms with Gasteiger partial charge in [-0.1, -0.05) is 50.2 Å². The Bertz CT molecular complexity index is 1420. The Kier molecular flexibility index (Phi) is 5.03. The maximum Gasteiger partial charge on any atom is 0.263 e. The highest BCUT2D eigenvalue weighted by Gasteiger charge is 2.15. The van der Waals surface area contributed by atoms with E-state index in [0.717, 1.165) is 22.6 Å². The third kappa shape index (κ3) is 3.66. The molecule has 160 valence electrons. The summed E-state index contributed by atoms with van der Waals surface area (Å²) in [6, 6.07) is 19.6. The van der Waals surface area contributed by atoms with Crippen LogP contribution in [-0.4, -0.2) is 29.5 Å². The molecule has 2 N–H and O–H groups in total. The van der Waals surface area contributed by atoms with Crippen molar-refractivity contribution < 1.29 is 0 Å². The molecular weight excluding hydrogens is 402 g/mol. The van der Waals surface area contributed by atoms with Crippen molar-refractivity contribution in [3.63, 3.8) is 0 Å². The Balaban J connectivity index is 1.47. The van der Waals surface area contributed by atoms with E-state index < -0.39 is 0 Å². The molecule has 0 aliphatic heterocycles. The van der Waals surface area contributed by atoms with Crippen LogP contribution in [0.3, 0.4) is 0 Å². The van der Waals surface area contributed by atoms with Crippen molar-refractivity contribution in [2.45, 2.75) is 26.3 Å². The molecule has 2 aromatic carbocycles. The second-order valence-corrected chi connectivity index (χ2v) is 7.87. The van der Waals surface area contributed by atoms with E-state index >= 15 is 0 Å².